The number of halogens is 1. The first-order chi connectivity index (χ1) is 3.29. The highest BCUT2D eigenvalue weighted by atomic mass is 79.9. The van der Waals surface area contributed by atoms with Gasteiger partial charge in [0.1, 0.15) is 0 Å². The zero-order valence-electron chi connectivity index (χ0n) is 3.39. The van der Waals surface area contributed by atoms with Gasteiger partial charge < -0.3 is 5.11 Å². The molecule has 0 amide bonds. The molecule has 0 saturated heterocycles. The standard InChI is InChI=1S/C4H3BrOS.CH4/c5-3-1-2-4(6)7-3;/h1-2,6H;1H4. The van der Waals surface area contributed by atoms with Gasteiger partial charge in [0.2, 0.25) is 0 Å². The summed E-state index contributed by atoms with van der Waals surface area (Å²) < 4.78 is 0.963. The first kappa shape index (κ1) is 7.98. The molecule has 0 aliphatic heterocycles. The number of aromatic hydroxyl groups is 1. The van der Waals surface area contributed by atoms with Crippen LogP contribution in [0.1, 0.15) is 7.43 Å². The highest BCUT2D eigenvalue weighted by Gasteiger charge is 1.89. The van der Waals surface area contributed by atoms with Crippen molar-refractivity contribution in [1.82, 2.24) is 0 Å². The lowest BCUT2D eigenvalue weighted by molar-refractivity contribution is 0.491. The molecule has 0 bridgehead atoms. The molecule has 0 aromatic carbocycles. The minimum absolute atomic E-state index is 0. The number of hydrogen-bond acceptors (Lipinski definition) is 2. The Bertz CT molecular complexity index is 145. The van der Waals surface area contributed by atoms with Gasteiger partial charge >= 0.3 is 0 Å². The van der Waals surface area contributed by atoms with Gasteiger partial charge in [-0.05, 0) is 28.1 Å². The van der Waals surface area contributed by atoms with Gasteiger partial charge in [0.15, 0.2) is 5.06 Å². The SMILES string of the molecule is C.Oc1ccc(Br)s1. The molecule has 0 aliphatic rings. The molecule has 1 nitrogen and oxygen atoms in total. The Balaban J connectivity index is 0.000000490. The fourth-order valence-electron chi connectivity index (χ4n) is 0.305. The molecule has 8 heavy (non-hydrogen) atoms. The highest BCUT2D eigenvalue weighted by molar-refractivity contribution is 9.11. The van der Waals surface area contributed by atoms with Crippen LogP contribution >= 0.6 is 27.3 Å². The van der Waals surface area contributed by atoms with Crippen LogP contribution in [0.25, 0.3) is 0 Å². The molecule has 0 radical (unpaired) electrons. The lowest BCUT2D eigenvalue weighted by Crippen LogP contribution is -1.35. The van der Waals surface area contributed by atoms with Gasteiger partial charge in [-0.1, -0.05) is 18.8 Å². The smallest absolute Gasteiger partial charge is 0.172 e. The topological polar surface area (TPSA) is 20.2 Å². The predicted molar refractivity (Wildman–Crippen MR) is 40.4 cm³/mol. The van der Waals surface area contributed by atoms with Crippen LogP contribution in [0.4, 0.5) is 0 Å². The van der Waals surface area contributed by atoms with Crippen molar-refractivity contribution in [3.63, 3.8) is 0 Å². The molecule has 0 aliphatic carbocycles. The van der Waals surface area contributed by atoms with E-state index in [1.165, 1.54) is 11.3 Å². The summed E-state index contributed by atoms with van der Waals surface area (Å²) in [7, 11) is 0. The van der Waals surface area contributed by atoms with Crippen molar-refractivity contribution in [1.29, 1.82) is 0 Å². The second-order valence-corrected chi connectivity index (χ2v) is 3.52. The van der Waals surface area contributed by atoms with Crippen LogP contribution in [0.15, 0.2) is 15.9 Å². The minimum Gasteiger partial charge on any atom is -0.499 e. The van der Waals surface area contributed by atoms with E-state index in [1.54, 1.807) is 12.1 Å². The summed E-state index contributed by atoms with van der Waals surface area (Å²) in [5.41, 5.74) is 0. The van der Waals surface area contributed by atoms with E-state index in [4.69, 9.17) is 5.11 Å². The number of hydrogen-bond donors (Lipinski definition) is 1. The van der Waals surface area contributed by atoms with Gasteiger partial charge in [-0.15, -0.1) is 0 Å². The molecule has 0 fully saturated rings. The van der Waals surface area contributed by atoms with Crippen molar-refractivity contribution in [2.24, 2.45) is 0 Å². The van der Waals surface area contributed by atoms with Crippen molar-refractivity contribution in [2.75, 3.05) is 0 Å². The van der Waals surface area contributed by atoms with E-state index in [0.29, 0.717) is 5.06 Å². The fraction of sp³-hybridized carbons (Fsp3) is 0.200. The zero-order chi connectivity index (χ0) is 5.28. The summed E-state index contributed by atoms with van der Waals surface area (Å²) in [5.74, 6) is 0. The van der Waals surface area contributed by atoms with Crippen molar-refractivity contribution in [2.45, 2.75) is 7.43 Å². The normalized spacial score (nSPS) is 8.12. The van der Waals surface area contributed by atoms with Gasteiger partial charge in [-0.3, -0.25) is 0 Å². The molecule has 1 rings (SSSR count). The van der Waals surface area contributed by atoms with Crippen molar-refractivity contribution >= 4 is 27.3 Å². The van der Waals surface area contributed by atoms with E-state index in [-0.39, 0.29) is 7.43 Å². The summed E-state index contributed by atoms with van der Waals surface area (Å²) in [5, 5.41) is 9.00. The summed E-state index contributed by atoms with van der Waals surface area (Å²) in [6.45, 7) is 0. The lowest BCUT2D eigenvalue weighted by atomic mass is 10.7. The molecular formula is C5H7BrOS. The first-order valence-electron chi connectivity index (χ1n) is 1.73. The second-order valence-electron chi connectivity index (χ2n) is 1.08. The maximum absolute atomic E-state index is 8.64. The van der Waals surface area contributed by atoms with Gasteiger partial charge in [0, 0.05) is 0 Å². The van der Waals surface area contributed by atoms with E-state index < -0.39 is 0 Å². The molecule has 1 aromatic heterocycles. The van der Waals surface area contributed by atoms with Crippen LogP contribution in [0.3, 0.4) is 0 Å². The molecule has 0 spiro atoms. The first-order valence-corrected chi connectivity index (χ1v) is 3.34. The fourth-order valence-corrected chi connectivity index (χ4v) is 1.41. The monoisotopic (exact) mass is 194 g/mol. The quantitative estimate of drug-likeness (QED) is 0.674. The second kappa shape index (κ2) is 3.10. The van der Waals surface area contributed by atoms with Gasteiger partial charge in [-0.2, -0.15) is 0 Å². The van der Waals surface area contributed by atoms with Crippen molar-refractivity contribution in [3.05, 3.63) is 15.9 Å². The molecule has 3 heteroatoms. The minimum atomic E-state index is 0. The Morgan fingerprint density at radius 3 is 2.25 bits per heavy atom. The summed E-state index contributed by atoms with van der Waals surface area (Å²) in [6, 6.07) is 3.45. The lowest BCUT2D eigenvalue weighted by Gasteiger charge is -1.70. The van der Waals surface area contributed by atoms with Crippen LogP contribution in [0.2, 0.25) is 0 Å². The van der Waals surface area contributed by atoms with Crippen LogP contribution in [0.5, 0.6) is 5.06 Å². The Labute approximate surface area is 61.1 Å². The molecular weight excluding hydrogens is 188 g/mol. The van der Waals surface area contributed by atoms with Crippen LogP contribution < -0.4 is 0 Å². The number of thiophene rings is 1. The summed E-state index contributed by atoms with van der Waals surface area (Å²) in [4.78, 5) is 0. The van der Waals surface area contributed by atoms with E-state index in [0.717, 1.165) is 3.79 Å². The third-order valence-electron chi connectivity index (χ3n) is 0.559. The van der Waals surface area contributed by atoms with Crippen molar-refractivity contribution in [3.8, 4) is 5.06 Å². The molecule has 0 saturated carbocycles. The third kappa shape index (κ3) is 1.84. The summed E-state index contributed by atoms with van der Waals surface area (Å²) >= 11 is 4.51. The predicted octanol–water partition coefficient (Wildman–Crippen LogP) is 2.85. The molecule has 0 atom stereocenters. The Morgan fingerprint density at radius 2 is 2.12 bits per heavy atom. The maximum Gasteiger partial charge on any atom is 0.172 e. The Kier molecular flexibility index (Phi) is 3.09. The molecule has 1 aromatic rings. The van der Waals surface area contributed by atoms with Gasteiger partial charge in [0.25, 0.3) is 0 Å². The van der Waals surface area contributed by atoms with E-state index in [1.807, 2.05) is 0 Å². The van der Waals surface area contributed by atoms with Crippen LogP contribution in [0, 0.1) is 0 Å². The molecule has 0 unspecified atom stereocenters. The average molecular weight is 195 g/mol. The van der Waals surface area contributed by atoms with Crippen molar-refractivity contribution < 1.29 is 5.11 Å². The zero-order valence-corrected chi connectivity index (χ0v) is 5.79. The number of rotatable bonds is 0. The maximum atomic E-state index is 8.64. The van der Waals surface area contributed by atoms with E-state index in [2.05, 4.69) is 15.9 Å². The Morgan fingerprint density at radius 1 is 1.50 bits per heavy atom. The van der Waals surface area contributed by atoms with E-state index in [9.17, 15) is 0 Å². The van der Waals surface area contributed by atoms with Crippen LogP contribution in [-0.4, -0.2) is 5.11 Å². The van der Waals surface area contributed by atoms with Gasteiger partial charge in [0.05, 0.1) is 3.79 Å². The van der Waals surface area contributed by atoms with Gasteiger partial charge in [-0.25, -0.2) is 0 Å². The Hall–Kier alpha value is -0.0200. The molecule has 46 valence electrons. The average Bonchev–Trinajstić information content (AvgIpc) is 1.87. The van der Waals surface area contributed by atoms with Crippen LogP contribution in [-0.2, 0) is 0 Å². The summed E-state index contributed by atoms with van der Waals surface area (Å²) in [6.07, 6.45) is 0. The largest absolute Gasteiger partial charge is 0.499 e. The highest BCUT2D eigenvalue weighted by Crippen LogP contribution is 2.26. The third-order valence-corrected chi connectivity index (χ3v) is 1.99. The van der Waals surface area contributed by atoms with E-state index >= 15 is 0 Å². The molecule has 1 heterocycles. The molecule has 1 N–H and O–H groups in total.